The minimum absolute atomic E-state index is 0.525. The molecule has 0 saturated carbocycles. The number of nitrogens with one attached hydrogen (secondary N) is 1. The second kappa shape index (κ2) is 4.73. The van der Waals surface area contributed by atoms with Crippen molar-refractivity contribution in [3.63, 3.8) is 0 Å². The minimum Gasteiger partial charge on any atom is -0.371 e. The van der Waals surface area contributed by atoms with Gasteiger partial charge in [0.15, 0.2) is 0 Å². The molecule has 1 fully saturated rings. The summed E-state index contributed by atoms with van der Waals surface area (Å²) < 4.78 is 5.23. The van der Waals surface area contributed by atoms with Crippen molar-refractivity contribution < 1.29 is 4.74 Å². The molecule has 1 aliphatic heterocycles. The summed E-state index contributed by atoms with van der Waals surface area (Å²) in [6.45, 7) is 6.55. The number of ether oxygens (including phenoxy) is 1. The highest BCUT2D eigenvalue weighted by molar-refractivity contribution is 4.83. The highest BCUT2D eigenvalue weighted by Gasteiger charge is 2.30. The van der Waals surface area contributed by atoms with E-state index in [1.165, 1.54) is 19.3 Å². The van der Waals surface area contributed by atoms with Crippen molar-refractivity contribution in [1.29, 1.82) is 0 Å². The van der Waals surface area contributed by atoms with Gasteiger partial charge < -0.3 is 10.1 Å². The maximum absolute atomic E-state index is 5.23. The third-order valence-electron chi connectivity index (χ3n) is 2.18. The smallest absolute Gasteiger partial charge is 0.0962 e. The molecule has 1 saturated heterocycles. The first-order chi connectivity index (χ1) is 5.38. The van der Waals surface area contributed by atoms with Crippen LogP contribution in [-0.2, 0) is 4.74 Å². The number of rotatable bonds is 6. The fourth-order valence-electron chi connectivity index (χ4n) is 1.29. The van der Waals surface area contributed by atoms with Gasteiger partial charge in [-0.25, -0.2) is 0 Å². The Morgan fingerprint density at radius 1 is 1.55 bits per heavy atom. The molecule has 1 N–H and O–H groups in total. The average Bonchev–Trinajstić information content (AvgIpc) is 2.81. The summed E-state index contributed by atoms with van der Waals surface area (Å²) in [4.78, 5) is 0. The maximum Gasteiger partial charge on any atom is 0.0962 e. The zero-order valence-corrected chi connectivity index (χ0v) is 7.60. The largest absolute Gasteiger partial charge is 0.371 e. The molecule has 0 aromatic carbocycles. The van der Waals surface area contributed by atoms with Crippen molar-refractivity contribution >= 4 is 0 Å². The second-order valence-corrected chi connectivity index (χ2v) is 3.19. The SMILES string of the molecule is CCCCNC(CC)C1CO1. The van der Waals surface area contributed by atoms with Gasteiger partial charge in [-0.3, -0.25) is 0 Å². The van der Waals surface area contributed by atoms with Crippen LogP contribution in [0.2, 0.25) is 0 Å². The van der Waals surface area contributed by atoms with Crippen molar-refractivity contribution in [2.24, 2.45) is 0 Å². The molecule has 1 rings (SSSR count). The van der Waals surface area contributed by atoms with E-state index in [2.05, 4.69) is 19.2 Å². The normalized spacial score (nSPS) is 25.1. The monoisotopic (exact) mass is 157 g/mol. The lowest BCUT2D eigenvalue weighted by atomic mass is 10.1. The van der Waals surface area contributed by atoms with Crippen molar-refractivity contribution in [3.8, 4) is 0 Å². The predicted octanol–water partition coefficient (Wildman–Crippen LogP) is 1.55. The Hall–Kier alpha value is -0.0800. The zero-order chi connectivity index (χ0) is 8.10. The third-order valence-corrected chi connectivity index (χ3v) is 2.18. The zero-order valence-electron chi connectivity index (χ0n) is 7.60. The van der Waals surface area contributed by atoms with E-state index in [0.29, 0.717) is 12.1 Å². The molecule has 66 valence electrons. The third kappa shape index (κ3) is 3.21. The van der Waals surface area contributed by atoms with Gasteiger partial charge in [0, 0.05) is 6.04 Å². The van der Waals surface area contributed by atoms with E-state index in [-0.39, 0.29) is 0 Å². The molecule has 2 heteroatoms. The van der Waals surface area contributed by atoms with Crippen LogP contribution >= 0.6 is 0 Å². The summed E-state index contributed by atoms with van der Waals surface area (Å²) in [6.07, 6.45) is 4.27. The van der Waals surface area contributed by atoms with Crippen LogP contribution in [0.25, 0.3) is 0 Å². The molecule has 2 nitrogen and oxygen atoms in total. The number of hydrogen-bond donors (Lipinski definition) is 1. The van der Waals surface area contributed by atoms with Gasteiger partial charge in [-0.15, -0.1) is 0 Å². The Morgan fingerprint density at radius 2 is 2.27 bits per heavy atom. The van der Waals surface area contributed by atoms with E-state index in [4.69, 9.17) is 4.74 Å². The van der Waals surface area contributed by atoms with Gasteiger partial charge in [0.2, 0.25) is 0 Å². The molecular formula is C9H19NO. The summed E-state index contributed by atoms with van der Waals surface area (Å²) >= 11 is 0. The van der Waals surface area contributed by atoms with Crippen molar-refractivity contribution in [3.05, 3.63) is 0 Å². The standard InChI is InChI=1S/C9H19NO/c1-3-5-6-10-8(4-2)9-7-11-9/h8-10H,3-7H2,1-2H3. The van der Waals surface area contributed by atoms with Crippen LogP contribution < -0.4 is 5.32 Å². The molecule has 2 atom stereocenters. The van der Waals surface area contributed by atoms with Crippen LogP contribution in [-0.4, -0.2) is 25.3 Å². The molecule has 1 heterocycles. The number of hydrogen-bond acceptors (Lipinski definition) is 2. The predicted molar refractivity (Wildman–Crippen MR) is 46.7 cm³/mol. The van der Waals surface area contributed by atoms with E-state index in [0.717, 1.165) is 13.2 Å². The summed E-state index contributed by atoms with van der Waals surface area (Å²) in [5.41, 5.74) is 0. The Balaban J connectivity index is 2.01. The fourth-order valence-corrected chi connectivity index (χ4v) is 1.29. The van der Waals surface area contributed by atoms with E-state index in [9.17, 15) is 0 Å². The number of epoxide rings is 1. The number of unbranched alkanes of at least 4 members (excludes halogenated alkanes) is 1. The van der Waals surface area contributed by atoms with E-state index < -0.39 is 0 Å². The minimum atomic E-state index is 0.525. The van der Waals surface area contributed by atoms with Crippen LogP contribution in [0.15, 0.2) is 0 Å². The molecule has 0 spiro atoms. The van der Waals surface area contributed by atoms with Gasteiger partial charge in [0.1, 0.15) is 0 Å². The van der Waals surface area contributed by atoms with Gasteiger partial charge in [-0.05, 0) is 19.4 Å². The lowest BCUT2D eigenvalue weighted by molar-refractivity contribution is 0.334. The highest BCUT2D eigenvalue weighted by atomic mass is 16.6. The summed E-state index contributed by atoms with van der Waals surface area (Å²) in [5, 5.41) is 3.51. The summed E-state index contributed by atoms with van der Waals surface area (Å²) in [7, 11) is 0. The van der Waals surface area contributed by atoms with Crippen LogP contribution in [0.3, 0.4) is 0 Å². The highest BCUT2D eigenvalue weighted by Crippen LogP contribution is 2.16. The van der Waals surface area contributed by atoms with E-state index in [1.54, 1.807) is 0 Å². The molecule has 0 aliphatic carbocycles. The fraction of sp³-hybridized carbons (Fsp3) is 1.00. The average molecular weight is 157 g/mol. The molecule has 1 aliphatic rings. The van der Waals surface area contributed by atoms with Crippen molar-refractivity contribution in [2.45, 2.75) is 45.3 Å². The van der Waals surface area contributed by atoms with Crippen molar-refractivity contribution in [1.82, 2.24) is 5.32 Å². The van der Waals surface area contributed by atoms with E-state index in [1.807, 2.05) is 0 Å². The van der Waals surface area contributed by atoms with Crippen LogP contribution in [0.1, 0.15) is 33.1 Å². The molecule has 11 heavy (non-hydrogen) atoms. The maximum atomic E-state index is 5.23. The van der Waals surface area contributed by atoms with Gasteiger partial charge in [0.05, 0.1) is 12.7 Å². The second-order valence-electron chi connectivity index (χ2n) is 3.19. The molecule has 0 radical (unpaired) electrons. The van der Waals surface area contributed by atoms with Gasteiger partial charge in [-0.1, -0.05) is 20.3 Å². The first-order valence-electron chi connectivity index (χ1n) is 4.73. The Kier molecular flexibility index (Phi) is 3.87. The van der Waals surface area contributed by atoms with Gasteiger partial charge >= 0.3 is 0 Å². The molecule has 0 amide bonds. The van der Waals surface area contributed by atoms with Crippen LogP contribution in [0.4, 0.5) is 0 Å². The van der Waals surface area contributed by atoms with Crippen LogP contribution in [0.5, 0.6) is 0 Å². The molecular weight excluding hydrogens is 138 g/mol. The molecule has 0 bridgehead atoms. The van der Waals surface area contributed by atoms with Gasteiger partial charge in [-0.2, -0.15) is 0 Å². The first kappa shape index (κ1) is 9.01. The first-order valence-corrected chi connectivity index (χ1v) is 4.73. The quantitative estimate of drug-likeness (QED) is 0.467. The van der Waals surface area contributed by atoms with Crippen LogP contribution in [0, 0.1) is 0 Å². The molecule has 0 aromatic heterocycles. The van der Waals surface area contributed by atoms with Crippen molar-refractivity contribution in [2.75, 3.05) is 13.2 Å². The molecule has 2 unspecified atom stereocenters. The summed E-state index contributed by atoms with van der Waals surface area (Å²) in [6, 6.07) is 0.613. The van der Waals surface area contributed by atoms with Gasteiger partial charge in [0.25, 0.3) is 0 Å². The Bertz CT molecular complexity index is 102. The Labute approximate surface area is 69.3 Å². The summed E-state index contributed by atoms with van der Waals surface area (Å²) in [5.74, 6) is 0. The topological polar surface area (TPSA) is 24.6 Å². The molecule has 0 aromatic rings. The lowest BCUT2D eigenvalue weighted by Crippen LogP contribution is -2.34. The Morgan fingerprint density at radius 3 is 2.73 bits per heavy atom. The lowest BCUT2D eigenvalue weighted by Gasteiger charge is -2.13. The van der Waals surface area contributed by atoms with E-state index >= 15 is 0 Å².